The highest BCUT2D eigenvalue weighted by atomic mass is 32.2. The standard InChI is InChI=1S/C35H40N6O5S/c1-6-24(4)46-27-18-36-30(37-19-27)20-41-26(17-35(5)13-14-35)21-45-31-16-29(32-22(2)9-7-10-23(32)3)38-34(39-31)40-47(43,44)28-12-8-11-25(15-28)33(41)42/h7-12,15-16,18-19,24,26H,6,13-14,17,20-21H2,1-5H3,(H,38,39,40)/t24-,26+/m0/s1. The molecular weight excluding hydrogens is 616 g/mol. The van der Waals surface area contributed by atoms with Gasteiger partial charge in [-0.1, -0.05) is 38.1 Å². The minimum Gasteiger partial charge on any atom is -0.487 e. The molecule has 246 valence electrons. The number of rotatable bonds is 8. The lowest BCUT2D eigenvalue weighted by molar-refractivity contribution is 0.0533. The van der Waals surface area contributed by atoms with Gasteiger partial charge in [-0.25, -0.2) is 28.1 Å². The number of benzene rings is 2. The molecule has 1 aliphatic carbocycles. The van der Waals surface area contributed by atoms with Crippen LogP contribution in [-0.2, 0) is 16.6 Å². The zero-order valence-electron chi connectivity index (χ0n) is 27.4. The van der Waals surface area contributed by atoms with Gasteiger partial charge in [-0.05, 0) is 81.2 Å². The molecule has 1 fully saturated rings. The van der Waals surface area contributed by atoms with Crippen molar-refractivity contribution < 1.29 is 22.7 Å². The molecule has 11 nitrogen and oxygen atoms in total. The van der Waals surface area contributed by atoms with Gasteiger partial charge in [0.1, 0.15) is 12.4 Å². The maximum atomic E-state index is 14.3. The number of nitrogens with one attached hydrogen (secondary N) is 1. The fraction of sp³-hybridized carbons (Fsp3) is 0.400. The number of amides is 1. The van der Waals surface area contributed by atoms with E-state index in [1.54, 1.807) is 35.5 Å². The zero-order chi connectivity index (χ0) is 33.3. The van der Waals surface area contributed by atoms with E-state index in [9.17, 15) is 13.2 Å². The van der Waals surface area contributed by atoms with Crippen LogP contribution in [0.1, 0.15) is 73.8 Å². The number of aromatic nitrogens is 4. The number of fused-ring (bicyclic) bond motifs is 4. The first-order valence-corrected chi connectivity index (χ1v) is 17.4. The number of nitrogens with zero attached hydrogens (tertiary/aromatic N) is 5. The fourth-order valence-corrected chi connectivity index (χ4v) is 6.77. The Labute approximate surface area is 275 Å². The molecule has 4 aromatic rings. The van der Waals surface area contributed by atoms with Crippen molar-refractivity contribution in [1.82, 2.24) is 24.8 Å². The number of carbonyl (C=O) groups excluding carboxylic acids is 1. The predicted molar refractivity (Wildman–Crippen MR) is 178 cm³/mol. The highest BCUT2D eigenvalue weighted by Crippen LogP contribution is 2.49. The molecule has 2 aromatic heterocycles. The summed E-state index contributed by atoms with van der Waals surface area (Å²) in [6.45, 7) is 10.4. The third kappa shape index (κ3) is 7.38. The van der Waals surface area contributed by atoms with Crippen LogP contribution in [0.3, 0.4) is 0 Å². The van der Waals surface area contributed by atoms with E-state index in [0.717, 1.165) is 36.0 Å². The molecule has 0 saturated heterocycles. The van der Waals surface area contributed by atoms with Crippen LogP contribution in [0.25, 0.3) is 11.3 Å². The van der Waals surface area contributed by atoms with Gasteiger partial charge < -0.3 is 14.4 Å². The molecule has 6 rings (SSSR count). The SMILES string of the molecule is CC[C@H](C)Oc1cnc(CN2C(=O)c3cccc(c3)S(=O)(=O)Nc3nc(cc(-c4c(C)cccc4C)n3)OC[C@H]2CC2(C)CC2)nc1. The van der Waals surface area contributed by atoms with Crippen LogP contribution >= 0.6 is 0 Å². The Balaban J connectivity index is 1.44. The summed E-state index contributed by atoms with van der Waals surface area (Å²) < 4.78 is 42.0. The fourth-order valence-electron chi connectivity index (χ4n) is 5.78. The first kappa shape index (κ1) is 32.4. The minimum absolute atomic E-state index is 0.0153. The van der Waals surface area contributed by atoms with Gasteiger partial charge in [0, 0.05) is 17.2 Å². The second-order valence-electron chi connectivity index (χ2n) is 12.9. The molecule has 0 radical (unpaired) electrons. The normalized spacial score (nSPS) is 18.9. The van der Waals surface area contributed by atoms with Gasteiger partial charge in [0.25, 0.3) is 15.9 Å². The van der Waals surface area contributed by atoms with Crippen LogP contribution in [0.2, 0.25) is 0 Å². The third-order valence-corrected chi connectivity index (χ3v) is 10.2. The van der Waals surface area contributed by atoms with Crippen molar-refractivity contribution in [2.24, 2.45) is 5.41 Å². The number of anilines is 1. The molecule has 12 heteroatoms. The molecule has 0 spiro atoms. The monoisotopic (exact) mass is 656 g/mol. The van der Waals surface area contributed by atoms with Crippen LogP contribution in [-0.4, -0.2) is 57.9 Å². The second kappa shape index (κ2) is 12.9. The maximum Gasteiger partial charge on any atom is 0.264 e. The summed E-state index contributed by atoms with van der Waals surface area (Å²) >= 11 is 0. The van der Waals surface area contributed by atoms with Gasteiger partial charge in [0.15, 0.2) is 5.75 Å². The number of ether oxygens (including phenoxy) is 2. The van der Waals surface area contributed by atoms with Gasteiger partial charge in [-0.15, -0.1) is 0 Å². The van der Waals surface area contributed by atoms with Crippen molar-refractivity contribution in [3.8, 4) is 22.9 Å². The highest BCUT2D eigenvalue weighted by molar-refractivity contribution is 7.92. The Bertz CT molecular complexity index is 1870. The summed E-state index contributed by atoms with van der Waals surface area (Å²) in [6.07, 6.45) is 6.83. The Kier molecular flexibility index (Phi) is 8.88. The molecule has 2 aromatic carbocycles. The van der Waals surface area contributed by atoms with Gasteiger partial charge in [-0.2, -0.15) is 4.98 Å². The van der Waals surface area contributed by atoms with E-state index in [1.807, 2.05) is 45.9 Å². The second-order valence-corrected chi connectivity index (χ2v) is 14.6. The van der Waals surface area contributed by atoms with Crippen molar-refractivity contribution in [2.75, 3.05) is 11.3 Å². The number of aryl methyl sites for hydroxylation is 2. The van der Waals surface area contributed by atoms with E-state index < -0.39 is 16.1 Å². The summed E-state index contributed by atoms with van der Waals surface area (Å²) in [6, 6.07) is 13.2. The van der Waals surface area contributed by atoms with E-state index in [0.29, 0.717) is 23.7 Å². The molecule has 4 bridgehead atoms. The molecule has 1 saturated carbocycles. The predicted octanol–water partition coefficient (Wildman–Crippen LogP) is 6.12. The van der Waals surface area contributed by atoms with Gasteiger partial charge in [0.2, 0.25) is 11.8 Å². The van der Waals surface area contributed by atoms with Crippen molar-refractivity contribution >= 4 is 21.9 Å². The highest BCUT2D eigenvalue weighted by Gasteiger charge is 2.42. The number of hydrogen-bond donors (Lipinski definition) is 1. The smallest absolute Gasteiger partial charge is 0.264 e. The average molecular weight is 657 g/mol. The lowest BCUT2D eigenvalue weighted by Crippen LogP contribution is -2.44. The topological polar surface area (TPSA) is 136 Å². The van der Waals surface area contributed by atoms with Crippen molar-refractivity contribution in [2.45, 2.75) is 83.9 Å². The molecule has 3 heterocycles. The van der Waals surface area contributed by atoms with Crippen molar-refractivity contribution in [3.63, 3.8) is 0 Å². The third-order valence-electron chi connectivity index (χ3n) is 8.92. The maximum absolute atomic E-state index is 14.3. The Morgan fingerprint density at radius 3 is 2.45 bits per heavy atom. The summed E-state index contributed by atoms with van der Waals surface area (Å²) in [5.74, 6) is 0.706. The molecule has 2 atom stereocenters. The van der Waals surface area contributed by atoms with Crippen LogP contribution < -0.4 is 14.2 Å². The van der Waals surface area contributed by atoms with Crippen LogP contribution in [0, 0.1) is 19.3 Å². The summed E-state index contributed by atoms with van der Waals surface area (Å²) in [5.41, 5.74) is 3.61. The summed E-state index contributed by atoms with van der Waals surface area (Å²) in [5, 5.41) is 0. The lowest BCUT2D eigenvalue weighted by atomic mass is 9.97. The number of carbonyl (C=O) groups is 1. The number of hydrogen-bond acceptors (Lipinski definition) is 9. The van der Waals surface area contributed by atoms with E-state index in [2.05, 4.69) is 31.6 Å². The lowest BCUT2D eigenvalue weighted by Gasteiger charge is -2.33. The largest absolute Gasteiger partial charge is 0.487 e. The van der Waals surface area contributed by atoms with Gasteiger partial charge in [0.05, 0.1) is 41.7 Å². The van der Waals surface area contributed by atoms with E-state index in [-0.39, 0.29) is 52.9 Å². The van der Waals surface area contributed by atoms with Gasteiger partial charge in [-0.3, -0.25) is 4.79 Å². The van der Waals surface area contributed by atoms with Crippen molar-refractivity contribution in [1.29, 1.82) is 0 Å². The minimum atomic E-state index is -4.17. The summed E-state index contributed by atoms with van der Waals surface area (Å²) in [7, 11) is -4.17. The Morgan fingerprint density at radius 2 is 1.77 bits per heavy atom. The molecule has 47 heavy (non-hydrogen) atoms. The molecule has 1 aliphatic heterocycles. The number of sulfonamides is 1. The van der Waals surface area contributed by atoms with Crippen LogP contribution in [0.15, 0.2) is 65.8 Å². The Morgan fingerprint density at radius 1 is 1.06 bits per heavy atom. The molecule has 0 unspecified atom stereocenters. The molecule has 2 aliphatic rings. The molecule has 1 N–H and O–H groups in total. The zero-order valence-corrected chi connectivity index (χ0v) is 28.2. The van der Waals surface area contributed by atoms with Gasteiger partial charge >= 0.3 is 0 Å². The first-order chi connectivity index (χ1) is 22.4. The molecular formula is C35H40N6O5S. The Hall–Kier alpha value is -4.58. The summed E-state index contributed by atoms with van der Waals surface area (Å²) in [4.78, 5) is 34.1. The first-order valence-electron chi connectivity index (χ1n) is 15.9. The van der Waals surface area contributed by atoms with E-state index in [4.69, 9.17) is 9.47 Å². The van der Waals surface area contributed by atoms with Crippen LogP contribution in [0.4, 0.5) is 5.95 Å². The van der Waals surface area contributed by atoms with Crippen molar-refractivity contribution in [3.05, 3.63) is 83.4 Å². The average Bonchev–Trinajstić information content (AvgIpc) is 3.78. The van der Waals surface area contributed by atoms with Crippen LogP contribution in [0.5, 0.6) is 11.6 Å². The van der Waals surface area contributed by atoms with E-state index in [1.165, 1.54) is 12.1 Å². The van der Waals surface area contributed by atoms with E-state index >= 15 is 0 Å². The molecule has 1 amide bonds. The quantitative estimate of drug-likeness (QED) is 0.238.